The van der Waals surface area contributed by atoms with Crippen molar-refractivity contribution in [2.75, 3.05) is 0 Å². The third-order valence-corrected chi connectivity index (χ3v) is 2.06. The summed E-state index contributed by atoms with van der Waals surface area (Å²) in [5.41, 5.74) is 0.775. The zero-order valence-corrected chi connectivity index (χ0v) is 9.50. The van der Waals surface area contributed by atoms with Gasteiger partial charge in [0.2, 0.25) is 0 Å². The molecule has 0 heterocycles. The van der Waals surface area contributed by atoms with Gasteiger partial charge in [-0.05, 0) is 19.1 Å². The van der Waals surface area contributed by atoms with Crippen LogP contribution in [-0.2, 0) is 0 Å². The molecule has 0 saturated heterocycles. The van der Waals surface area contributed by atoms with Crippen LogP contribution in [0.1, 0.15) is 17.3 Å². The lowest BCUT2D eigenvalue weighted by Gasteiger charge is -1.91. The van der Waals surface area contributed by atoms with Crippen molar-refractivity contribution in [3.63, 3.8) is 0 Å². The zero-order chi connectivity index (χ0) is 12.7. The molecule has 2 aromatic rings. The standard InChI is InChI=1S/C8H8O.C6H6O2/c1-7(9)8-5-3-2-4-6-8;7-5-3-1-2-4-6(5)8/h2-6H,1H3;1-4,7-8H. The van der Waals surface area contributed by atoms with Crippen LogP contribution in [0.5, 0.6) is 11.5 Å². The van der Waals surface area contributed by atoms with E-state index >= 15 is 0 Å². The Bertz CT molecular complexity index is 457. The van der Waals surface area contributed by atoms with Gasteiger partial charge in [0.1, 0.15) is 0 Å². The number of rotatable bonds is 1. The lowest BCUT2D eigenvalue weighted by molar-refractivity contribution is 0.101. The summed E-state index contributed by atoms with van der Waals surface area (Å²) in [5.74, 6) is -0.0319. The second-order valence-corrected chi connectivity index (χ2v) is 3.41. The van der Waals surface area contributed by atoms with Crippen LogP contribution in [0.4, 0.5) is 0 Å². The van der Waals surface area contributed by atoms with E-state index in [1.54, 1.807) is 19.1 Å². The third kappa shape index (κ3) is 4.38. The maximum atomic E-state index is 10.6. The van der Waals surface area contributed by atoms with E-state index in [4.69, 9.17) is 10.2 Å². The van der Waals surface area contributed by atoms with E-state index in [1.165, 1.54) is 12.1 Å². The summed E-state index contributed by atoms with van der Waals surface area (Å²) in [6.07, 6.45) is 0. The molecule has 0 spiro atoms. The smallest absolute Gasteiger partial charge is 0.159 e. The number of carbonyl (C=O) groups is 1. The molecule has 0 radical (unpaired) electrons. The van der Waals surface area contributed by atoms with Crippen LogP contribution >= 0.6 is 0 Å². The fourth-order valence-corrected chi connectivity index (χ4v) is 1.14. The Labute approximate surface area is 100.0 Å². The largest absolute Gasteiger partial charge is 0.504 e. The van der Waals surface area contributed by atoms with E-state index in [-0.39, 0.29) is 17.3 Å². The minimum absolute atomic E-state index is 0.0764. The lowest BCUT2D eigenvalue weighted by Crippen LogP contribution is -1.88. The number of Topliss-reactive ketones (excluding diaryl/α,β-unsaturated/α-hetero) is 1. The predicted octanol–water partition coefficient (Wildman–Crippen LogP) is 2.99. The number of phenolic OH excluding ortho intramolecular Hbond substituents is 2. The first-order valence-corrected chi connectivity index (χ1v) is 5.14. The van der Waals surface area contributed by atoms with Crippen LogP contribution in [0.3, 0.4) is 0 Å². The molecule has 0 amide bonds. The molecule has 0 aliphatic carbocycles. The highest BCUT2D eigenvalue weighted by Gasteiger charge is 1.92. The Kier molecular flexibility index (Phi) is 4.76. The second kappa shape index (κ2) is 6.33. The molecule has 3 nitrogen and oxygen atoms in total. The number of ketones is 1. The van der Waals surface area contributed by atoms with Crippen molar-refractivity contribution in [2.45, 2.75) is 6.92 Å². The summed E-state index contributed by atoms with van der Waals surface area (Å²) >= 11 is 0. The van der Waals surface area contributed by atoms with Crippen molar-refractivity contribution in [2.24, 2.45) is 0 Å². The van der Waals surface area contributed by atoms with Crippen molar-refractivity contribution in [1.82, 2.24) is 0 Å². The molecule has 17 heavy (non-hydrogen) atoms. The number of hydrogen-bond acceptors (Lipinski definition) is 3. The van der Waals surface area contributed by atoms with E-state index in [0.29, 0.717) is 0 Å². The van der Waals surface area contributed by atoms with Crippen molar-refractivity contribution < 1.29 is 15.0 Å². The summed E-state index contributed by atoms with van der Waals surface area (Å²) < 4.78 is 0. The second-order valence-electron chi connectivity index (χ2n) is 3.41. The van der Waals surface area contributed by atoms with Crippen LogP contribution in [-0.4, -0.2) is 16.0 Å². The molecule has 2 rings (SSSR count). The number of carbonyl (C=O) groups excluding carboxylic acids is 1. The molecular formula is C14H14O3. The predicted molar refractivity (Wildman–Crippen MR) is 66.2 cm³/mol. The molecule has 0 fully saturated rings. The van der Waals surface area contributed by atoms with Gasteiger partial charge in [0.15, 0.2) is 17.3 Å². The van der Waals surface area contributed by atoms with Gasteiger partial charge < -0.3 is 10.2 Å². The molecule has 0 unspecified atom stereocenters. The first-order chi connectivity index (χ1) is 8.11. The summed E-state index contributed by atoms with van der Waals surface area (Å²) in [7, 11) is 0. The van der Waals surface area contributed by atoms with Gasteiger partial charge in [-0.15, -0.1) is 0 Å². The highest BCUT2D eigenvalue weighted by Crippen LogP contribution is 2.21. The Hall–Kier alpha value is -2.29. The number of phenols is 2. The van der Waals surface area contributed by atoms with Crippen LogP contribution < -0.4 is 0 Å². The monoisotopic (exact) mass is 230 g/mol. The van der Waals surface area contributed by atoms with Gasteiger partial charge in [0.25, 0.3) is 0 Å². The fraction of sp³-hybridized carbons (Fsp3) is 0.0714. The topological polar surface area (TPSA) is 57.5 Å². The molecule has 0 saturated carbocycles. The zero-order valence-electron chi connectivity index (χ0n) is 9.50. The highest BCUT2D eigenvalue weighted by atomic mass is 16.3. The Balaban J connectivity index is 0.000000171. The number of para-hydroxylation sites is 2. The van der Waals surface area contributed by atoms with Crippen LogP contribution in [0, 0.1) is 0 Å². The molecule has 0 aromatic heterocycles. The summed E-state index contributed by atoms with van der Waals surface area (Å²) in [5, 5.41) is 17.3. The summed E-state index contributed by atoms with van der Waals surface area (Å²) in [6.45, 7) is 1.56. The van der Waals surface area contributed by atoms with E-state index < -0.39 is 0 Å². The first kappa shape index (κ1) is 12.8. The first-order valence-electron chi connectivity index (χ1n) is 5.14. The van der Waals surface area contributed by atoms with Crippen LogP contribution in [0.25, 0.3) is 0 Å². The maximum absolute atomic E-state index is 10.6. The lowest BCUT2D eigenvalue weighted by atomic mass is 10.2. The van der Waals surface area contributed by atoms with Crippen molar-refractivity contribution in [1.29, 1.82) is 0 Å². The molecule has 0 atom stereocenters. The minimum atomic E-state index is -0.0764. The molecule has 0 bridgehead atoms. The molecule has 0 aliphatic rings. The fourth-order valence-electron chi connectivity index (χ4n) is 1.14. The number of benzene rings is 2. The Morgan fingerprint density at radius 2 is 1.24 bits per heavy atom. The Morgan fingerprint density at radius 1 is 0.824 bits per heavy atom. The minimum Gasteiger partial charge on any atom is -0.504 e. The SMILES string of the molecule is CC(=O)c1ccccc1.Oc1ccccc1O. The van der Waals surface area contributed by atoms with E-state index in [9.17, 15) is 4.79 Å². The van der Waals surface area contributed by atoms with Crippen molar-refractivity contribution in [3.05, 3.63) is 60.2 Å². The average Bonchev–Trinajstić information content (AvgIpc) is 2.35. The van der Waals surface area contributed by atoms with Crippen LogP contribution in [0.2, 0.25) is 0 Å². The van der Waals surface area contributed by atoms with Gasteiger partial charge in [-0.25, -0.2) is 0 Å². The average molecular weight is 230 g/mol. The Morgan fingerprint density at radius 3 is 1.53 bits per heavy atom. The summed E-state index contributed by atoms with van der Waals surface area (Å²) in [4.78, 5) is 10.6. The van der Waals surface area contributed by atoms with Gasteiger partial charge in [-0.2, -0.15) is 0 Å². The van der Waals surface area contributed by atoms with Gasteiger partial charge >= 0.3 is 0 Å². The molecule has 88 valence electrons. The molecular weight excluding hydrogens is 216 g/mol. The van der Waals surface area contributed by atoms with Gasteiger partial charge in [0.05, 0.1) is 0 Å². The summed E-state index contributed by atoms with van der Waals surface area (Å²) in [6, 6.07) is 15.4. The van der Waals surface area contributed by atoms with Crippen LogP contribution in [0.15, 0.2) is 54.6 Å². The van der Waals surface area contributed by atoms with E-state index in [2.05, 4.69) is 0 Å². The van der Waals surface area contributed by atoms with Gasteiger partial charge in [-0.1, -0.05) is 42.5 Å². The van der Waals surface area contributed by atoms with E-state index in [0.717, 1.165) is 5.56 Å². The van der Waals surface area contributed by atoms with Gasteiger partial charge in [0, 0.05) is 5.56 Å². The quantitative estimate of drug-likeness (QED) is 0.585. The molecule has 2 aromatic carbocycles. The molecule has 2 N–H and O–H groups in total. The maximum Gasteiger partial charge on any atom is 0.159 e. The number of aromatic hydroxyl groups is 2. The molecule has 0 aliphatic heterocycles. The normalized spacial score (nSPS) is 9.00. The highest BCUT2D eigenvalue weighted by molar-refractivity contribution is 5.93. The third-order valence-electron chi connectivity index (χ3n) is 2.06. The van der Waals surface area contributed by atoms with E-state index in [1.807, 2.05) is 30.3 Å². The van der Waals surface area contributed by atoms with Gasteiger partial charge in [-0.3, -0.25) is 4.79 Å². The van der Waals surface area contributed by atoms with Crippen molar-refractivity contribution >= 4 is 5.78 Å². The van der Waals surface area contributed by atoms with Crippen molar-refractivity contribution in [3.8, 4) is 11.5 Å². The number of hydrogen-bond donors (Lipinski definition) is 2. The molecule has 3 heteroatoms.